The molecule has 28 heavy (non-hydrogen) atoms. The van der Waals surface area contributed by atoms with Gasteiger partial charge in [-0.25, -0.2) is 5.43 Å². The van der Waals surface area contributed by atoms with Crippen LogP contribution in [0.25, 0.3) is 0 Å². The third kappa shape index (κ3) is 5.04. The number of nitrogens with one attached hydrogen (secondary N) is 1. The zero-order valence-electron chi connectivity index (χ0n) is 15.3. The molecule has 0 aromatic heterocycles. The Morgan fingerprint density at radius 1 is 1.11 bits per heavy atom. The zero-order valence-corrected chi connectivity index (χ0v) is 15.3. The van der Waals surface area contributed by atoms with Crippen LogP contribution in [0.3, 0.4) is 0 Å². The maximum absolute atomic E-state index is 12.0. The summed E-state index contributed by atoms with van der Waals surface area (Å²) in [4.78, 5) is 33.3. The minimum atomic E-state index is -0.555. The van der Waals surface area contributed by atoms with Gasteiger partial charge in [0.2, 0.25) is 5.75 Å². The van der Waals surface area contributed by atoms with Crippen LogP contribution in [0.2, 0.25) is 0 Å². The summed E-state index contributed by atoms with van der Waals surface area (Å²) in [5, 5.41) is 14.5. The van der Waals surface area contributed by atoms with E-state index in [2.05, 4.69) is 10.5 Å². The number of carbonyl (C=O) groups excluding carboxylic acids is 2. The van der Waals surface area contributed by atoms with Crippen LogP contribution in [0.15, 0.2) is 41.5 Å². The largest absolute Gasteiger partial charge is 0.493 e. The number of hydrogen-bond donors (Lipinski definition) is 1. The number of benzene rings is 2. The number of amides is 1. The predicted octanol–water partition coefficient (Wildman–Crippen LogP) is 2.30. The van der Waals surface area contributed by atoms with Crippen LogP contribution in [0.4, 0.5) is 5.69 Å². The molecule has 0 heterocycles. The number of nitrogens with zero attached hydrogens (tertiary/aromatic N) is 2. The Kier molecular flexibility index (Phi) is 6.63. The molecule has 2 aromatic rings. The highest BCUT2D eigenvalue weighted by molar-refractivity contribution is 5.95. The summed E-state index contributed by atoms with van der Waals surface area (Å²) in [6.45, 7) is 1.25. The SMILES string of the molecule is COc1cc(/C=N\NC(=O)c2ccc([N+](=O)[O-])cc2)cc(OC)c1OC(C)=O. The lowest BCUT2D eigenvalue weighted by Crippen LogP contribution is -2.17. The highest BCUT2D eigenvalue weighted by atomic mass is 16.6. The van der Waals surface area contributed by atoms with Crippen molar-refractivity contribution in [2.24, 2.45) is 5.10 Å². The molecule has 0 fully saturated rings. The number of ether oxygens (including phenoxy) is 3. The molecule has 0 spiro atoms. The van der Waals surface area contributed by atoms with Gasteiger partial charge in [-0.15, -0.1) is 0 Å². The number of methoxy groups -OCH3 is 2. The molecule has 0 aliphatic rings. The van der Waals surface area contributed by atoms with Crippen LogP contribution >= 0.6 is 0 Å². The van der Waals surface area contributed by atoms with Crippen molar-refractivity contribution in [2.75, 3.05) is 14.2 Å². The molecule has 1 N–H and O–H groups in total. The first kappa shape index (κ1) is 20.4. The van der Waals surface area contributed by atoms with E-state index in [0.29, 0.717) is 5.56 Å². The minimum absolute atomic E-state index is 0.118. The van der Waals surface area contributed by atoms with Crippen LogP contribution in [-0.2, 0) is 4.79 Å². The van der Waals surface area contributed by atoms with E-state index >= 15 is 0 Å². The van der Waals surface area contributed by atoms with E-state index in [1.807, 2.05) is 0 Å². The van der Waals surface area contributed by atoms with E-state index in [-0.39, 0.29) is 28.5 Å². The fourth-order valence-electron chi connectivity index (χ4n) is 2.18. The topological polar surface area (TPSA) is 129 Å². The lowest BCUT2D eigenvalue weighted by Gasteiger charge is -2.13. The third-order valence-corrected chi connectivity index (χ3v) is 3.45. The van der Waals surface area contributed by atoms with E-state index in [4.69, 9.17) is 14.2 Å². The summed E-state index contributed by atoms with van der Waals surface area (Å²) >= 11 is 0. The first-order chi connectivity index (χ1) is 13.3. The second-order valence-corrected chi connectivity index (χ2v) is 5.35. The average molecular weight is 387 g/mol. The monoisotopic (exact) mass is 387 g/mol. The quantitative estimate of drug-likeness (QED) is 0.254. The summed E-state index contributed by atoms with van der Waals surface area (Å²) in [6, 6.07) is 8.18. The maximum Gasteiger partial charge on any atom is 0.308 e. The van der Waals surface area contributed by atoms with Gasteiger partial charge in [0.15, 0.2) is 11.5 Å². The summed E-state index contributed by atoms with van der Waals surface area (Å²) in [7, 11) is 2.80. The van der Waals surface area contributed by atoms with Crippen molar-refractivity contribution >= 4 is 23.8 Å². The van der Waals surface area contributed by atoms with E-state index in [9.17, 15) is 19.7 Å². The second-order valence-electron chi connectivity index (χ2n) is 5.35. The molecule has 0 aliphatic carbocycles. The highest BCUT2D eigenvalue weighted by Crippen LogP contribution is 2.38. The van der Waals surface area contributed by atoms with E-state index in [0.717, 1.165) is 0 Å². The molecule has 0 unspecified atom stereocenters. The number of esters is 1. The van der Waals surface area contributed by atoms with Crippen LogP contribution in [-0.4, -0.2) is 37.2 Å². The smallest absolute Gasteiger partial charge is 0.308 e. The summed E-state index contributed by atoms with van der Waals surface area (Å²) in [5.74, 6) is -0.449. The van der Waals surface area contributed by atoms with E-state index in [1.165, 1.54) is 51.6 Å². The Morgan fingerprint density at radius 2 is 1.68 bits per heavy atom. The number of hydrazone groups is 1. The lowest BCUT2D eigenvalue weighted by atomic mass is 10.2. The molecule has 10 nitrogen and oxygen atoms in total. The fraction of sp³-hybridized carbons (Fsp3) is 0.167. The molecule has 0 bridgehead atoms. The number of nitro benzene ring substituents is 1. The van der Waals surface area contributed by atoms with Gasteiger partial charge in [0.1, 0.15) is 0 Å². The van der Waals surface area contributed by atoms with Crippen molar-refractivity contribution in [3.05, 3.63) is 57.6 Å². The third-order valence-electron chi connectivity index (χ3n) is 3.45. The summed E-state index contributed by atoms with van der Waals surface area (Å²) in [5.41, 5.74) is 2.91. The van der Waals surface area contributed by atoms with Crippen molar-refractivity contribution in [1.82, 2.24) is 5.43 Å². The number of hydrogen-bond acceptors (Lipinski definition) is 8. The summed E-state index contributed by atoms with van der Waals surface area (Å²) in [6.07, 6.45) is 1.34. The number of carbonyl (C=O) groups is 2. The Bertz CT molecular complexity index is 898. The normalized spacial score (nSPS) is 10.4. The van der Waals surface area contributed by atoms with Gasteiger partial charge in [-0.1, -0.05) is 0 Å². The molecule has 146 valence electrons. The molecule has 2 rings (SSSR count). The predicted molar refractivity (Wildman–Crippen MR) is 99.0 cm³/mol. The molecule has 0 saturated heterocycles. The molecule has 0 radical (unpaired) electrons. The average Bonchev–Trinajstić information content (AvgIpc) is 2.68. The zero-order chi connectivity index (χ0) is 20.7. The molecule has 10 heteroatoms. The first-order valence-electron chi connectivity index (χ1n) is 7.88. The second kappa shape index (κ2) is 9.12. The Morgan fingerprint density at radius 3 is 2.14 bits per heavy atom. The van der Waals surface area contributed by atoms with Gasteiger partial charge in [-0.3, -0.25) is 19.7 Å². The molecular formula is C18H17N3O7. The molecule has 2 aromatic carbocycles. The van der Waals surface area contributed by atoms with Crippen molar-refractivity contribution < 1.29 is 28.7 Å². The van der Waals surface area contributed by atoms with E-state index < -0.39 is 16.8 Å². The van der Waals surface area contributed by atoms with Gasteiger partial charge in [0.05, 0.1) is 25.4 Å². The lowest BCUT2D eigenvalue weighted by molar-refractivity contribution is -0.384. The van der Waals surface area contributed by atoms with Crippen molar-refractivity contribution in [3.63, 3.8) is 0 Å². The van der Waals surface area contributed by atoms with Crippen LogP contribution in [0.5, 0.6) is 17.2 Å². The van der Waals surface area contributed by atoms with Gasteiger partial charge in [0, 0.05) is 30.2 Å². The Hall–Kier alpha value is -3.95. The summed E-state index contributed by atoms with van der Waals surface area (Å²) < 4.78 is 15.5. The first-order valence-corrected chi connectivity index (χ1v) is 7.88. The van der Waals surface area contributed by atoms with E-state index in [1.54, 1.807) is 12.1 Å². The molecular weight excluding hydrogens is 370 g/mol. The van der Waals surface area contributed by atoms with Crippen LogP contribution in [0.1, 0.15) is 22.8 Å². The standard InChI is InChI=1S/C18H17N3O7/c1-11(22)28-17-15(26-2)8-12(9-16(17)27-3)10-19-20-18(23)13-4-6-14(7-5-13)21(24)25/h4-10H,1-3H3,(H,20,23)/b19-10-. The van der Waals surface area contributed by atoms with Gasteiger partial charge in [-0.2, -0.15) is 5.10 Å². The Labute approximate surface area is 159 Å². The molecule has 0 saturated carbocycles. The molecule has 1 amide bonds. The Balaban J connectivity index is 2.15. The number of rotatable bonds is 7. The fourth-order valence-corrected chi connectivity index (χ4v) is 2.18. The van der Waals surface area contributed by atoms with Crippen molar-refractivity contribution in [3.8, 4) is 17.2 Å². The van der Waals surface area contributed by atoms with Crippen LogP contribution < -0.4 is 19.6 Å². The van der Waals surface area contributed by atoms with Crippen molar-refractivity contribution in [2.45, 2.75) is 6.92 Å². The van der Waals surface area contributed by atoms with Crippen molar-refractivity contribution in [1.29, 1.82) is 0 Å². The van der Waals surface area contributed by atoms with Gasteiger partial charge in [0.25, 0.3) is 11.6 Å². The maximum atomic E-state index is 12.0. The number of nitro groups is 1. The highest BCUT2D eigenvalue weighted by Gasteiger charge is 2.15. The van der Waals surface area contributed by atoms with Gasteiger partial charge in [-0.05, 0) is 24.3 Å². The number of non-ortho nitro benzene ring substituents is 1. The van der Waals surface area contributed by atoms with Gasteiger partial charge < -0.3 is 14.2 Å². The van der Waals surface area contributed by atoms with Gasteiger partial charge >= 0.3 is 5.97 Å². The molecule has 0 atom stereocenters. The molecule has 0 aliphatic heterocycles. The minimum Gasteiger partial charge on any atom is -0.493 e. The van der Waals surface area contributed by atoms with Crippen LogP contribution in [0, 0.1) is 10.1 Å².